The van der Waals surface area contributed by atoms with Crippen LogP contribution in [0.15, 0.2) is 22.7 Å². The molecule has 1 aliphatic heterocycles. The van der Waals surface area contributed by atoms with Gasteiger partial charge in [0.2, 0.25) is 10.0 Å². The van der Waals surface area contributed by atoms with Crippen LogP contribution in [0, 0.1) is 12.7 Å². The lowest BCUT2D eigenvalue weighted by Gasteiger charge is -2.32. The molecular formula is C17H19ClFN3O4S. The summed E-state index contributed by atoms with van der Waals surface area (Å²) >= 11 is 6.10. The summed E-state index contributed by atoms with van der Waals surface area (Å²) in [4.78, 5) is 14.6. The van der Waals surface area contributed by atoms with Crippen LogP contribution in [0.3, 0.4) is 0 Å². The molecule has 2 heterocycles. The summed E-state index contributed by atoms with van der Waals surface area (Å²) in [5.41, 5.74) is 0.251. The standard InChI is InChI=1S/C17H19ClFN3O4S/c1-10-14(16(20-26-10)15-12(18)4-3-5-13(15)19)17(23)22-8-6-11(7-9-22)21-27(2,24)25/h3-5,11,21H,6-9H2,1-2H3. The van der Waals surface area contributed by atoms with Crippen molar-refractivity contribution in [2.75, 3.05) is 19.3 Å². The lowest BCUT2D eigenvalue weighted by molar-refractivity contribution is 0.0710. The molecule has 1 aliphatic rings. The van der Waals surface area contributed by atoms with Gasteiger partial charge in [-0.05, 0) is 31.9 Å². The van der Waals surface area contributed by atoms with E-state index in [0.717, 1.165) is 6.26 Å². The Morgan fingerprint density at radius 3 is 2.63 bits per heavy atom. The van der Waals surface area contributed by atoms with Gasteiger partial charge in [-0.3, -0.25) is 4.79 Å². The number of aromatic nitrogens is 1. The fourth-order valence-corrected chi connectivity index (χ4v) is 4.27. The molecule has 0 spiro atoms. The summed E-state index contributed by atoms with van der Waals surface area (Å²) in [7, 11) is -3.30. The van der Waals surface area contributed by atoms with E-state index in [2.05, 4.69) is 9.88 Å². The number of nitrogens with zero attached hydrogens (tertiary/aromatic N) is 2. The van der Waals surface area contributed by atoms with E-state index in [-0.39, 0.29) is 39.6 Å². The van der Waals surface area contributed by atoms with Gasteiger partial charge in [-0.25, -0.2) is 17.5 Å². The maximum Gasteiger partial charge on any atom is 0.259 e. The molecule has 27 heavy (non-hydrogen) atoms. The van der Waals surface area contributed by atoms with Crippen molar-refractivity contribution in [2.45, 2.75) is 25.8 Å². The predicted octanol–water partition coefficient (Wildman–Crippen LogP) is 2.60. The maximum absolute atomic E-state index is 14.3. The van der Waals surface area contributed by atoms with Crippen LogP contribution < -0.4 is 4.72 Å². The van der Waals surface area contributed by atoms with Crippen molar-refractivity contribution in [3.63, 3.8) is 0 Å². The summed E-state index contributed by atoms with van der Waals surface area (Å²) < 4.78 is 44.7. The highest BCUT2D eigenvalue weighted by atomic mass is 35.5. The number of halogens is 2. The van der Waals surface area contributed by atoms with E-state index >= 15 is 0 Å². The largest absolute Gasteiger partial charge is 0.360 e. The minimum Gasteiger partial charge on any atom is -0.360 e. The molecule has 7 nitrogen and oxygen atoms in total. The number of hydrogen-bond acceptors (Lipinski definition) is 5. The van der Waals surface area contributed by atoms with Crippen LogP contribution in [0.25, 0.3) is 11.3 Å². The Labute approximate surface area is 161 Å². The van der Waals surface area contributed by atoms with Gasteiger partial charge in [-0.2, -0.15) is 0 Å². The Balaban J connectivity index is 1.84. The SMILES string of the molecule is Cc1onc(-c2c(F)cccc2Cl)c1C(=O)N1CCC(NS(C)(=O)=O)CC1. The molecule has 1 saturated heterocycles. The first-order chi connectivity index (χ1) is 12.7. The molecule has 1 aromatic heterocycles. The predicted molar refractivity (Wildman–Crippen MR) is 98.5 cm³/mol. The van der Waals surface area contributed by atoms with Crippen molar-refractivity contribution in [3.8, 4) is 11.3 Å². The van der Waals surface area contributed by atoms with Gasteiger partial charge in [0.15, 0.2) is 0 Å². The number of likely N-dealkylation sites (tertiary alicyclic amines) is 1. The van der Waals surface area contributed by atoms with Crippen molar-refractivity contribution >= 4 is 27.5 Å². The molecule has 2 aromatic rings. The van der Waals surface area contributed by atoms with Crippen molar-refractivity contribution in [1.82, 2.24) is 14.8 Å². The Bertz CT molecular complexity index is 948. The van der Waals surface area contributed by atoms with Gasteiger partial charge in [-0.1, -0.05) is 22.8 Å². The quantitative estimate of drug-likeness (QED) is 0.828. The highest BCUT2D eigenvalue weighted by molar-refractivity contribution is 7.88. The third-order valence-electron chi connectivity index (χ3n) is 4.44. The Hall–Kier alpha value is -1.97. The van der Waals surface area contributed by atoms with Crippen molar-refractivity contribution < 1.29 is 22.1 Å². The highest BCUT2D eigenvalue weighted by Crippen LogP contribution is 2.34. The summed E-state index contributed by atoms with van der Waals surface area (Å²) in [6.07, 6.45) is 2.08. The minimum atomic E-state index is -3.30. The molecule has 1 aromatic carbocycles. The molecule has 1 amide bonds. The number of amides is 1. The lowest BCUT2D eigenvalue weighted by Crippen LogP contribution is -2.46. The van der Waals surface area contributed by atoms with Gasteiger partial charge in [0.1, 0.15) is 22.8 Å². The molecule has 0 unspecified atom stereocenters. The number of hydrogen-bond donors (Lipinski definition) is 1. The Kier molecular flexibility index (Phi) is 5.55. The second-order valence-corrected chi connectivity index (χ2v) is 8.70. The van der Waals surface area contributed by atoms with Crippen molar-refractivity contribution in [2.24, 2.45) is 0 Å². The van der Waals surface area contributed by atoms with Gasteiger partial charge >= 0.3 is 0 Å². The number of carbonyl (C=O) groups is 1. The molecule has 1 N–H and O–H groups in total. The number of benzene rings is 1. The second kappa shape index (κ2) is 7.57. The van der Waals surface area contributed by atoms with Crippen LogP contribution in [0.2, 0.25) is 5.02 Å². The summed E-state index contributed by atoms with van der Waals surface area (Å²) in [6, 6.07) is 4.01. The molecular weight excluding hydrogens is 397 g/mol. The Morgan fingerprint density at radius 2 is 2.04 bits per heavy atom. The van der Waals surface area contributed by atoms with Crippen LogP contribution in [0.4, 0.5) is 4.39 Å². The van der Waals surface area contributed by atoms with E-state index in [1.54, 1.807) is 11.8 Å². The normalized spacial score (nSPS) is 15.9. The van der Waals surface area contributed by atoms with Crippen molar-refractivity contribution in [3.05, 3.63) is 40.4 Å². The number of sulfonamides is 1. The monoisotopic (exact) mass is 415 g/mol. The van der Waals surface area contributed by atoms with E-state index < -0.39 is 15.8 Å². The first-order valence-electron chi connectivity index (χ1n) is 8.34. The van der Waals surface area contributed by atoms with Gasteiger partial charge in [0.25, 0.3) is 5.91 Å². The number of rotatable bonds is 4. The van der Waals surface area contributed by atoms with Crippen LogP contribution in [0.1, 0.15) is 29.0 Å². The zero-order valence-corrected chi connectivity index (χ0v) is 16.4. The molecule has 0 radical (unpaired) electrons. The van der Waals surface area contributed by atoms with Crippen molar-refractivity contribution in [1.29, 1.82) is 0 Å². The molecule has 0 saturated carbocycles. The molecule has 10 heteroatoms. The number of aryl methyl sites for hydroxylation is 1. The van der Waals surface area contributed by atoms with Gasteiger partial charge in [0, 0.05) is 19.1 Å². The van der Waals surface area contributed by atoms with Crippen LogP contribution in [0.5, 0.6) is 0 Å². The van der Waals surface area contributed by atoms with E-state index in [1.165, 1.54) is 18.2 Å². The molecule has 1 fully saturated rings. The van der Waals surface area contributed by atoms with Gasteiger partial charge < -0.3 is 9.42 Å². The number of nitrogens with one attached hydrogen (secondary N) is 1. The van der Waals surface area contributed by atoms with E-state index in [1.807, 2.05) is 0 Å². The fourth-order valence-electron chi connectivity index (χ4n) is 3.18. The third-order valence-corrected chi connectivity index (χ3v) is 5.52. The molecule has 146 valence electrons. The average molecular weight is 416 g/mol. The van der Waals surface area contributed by atoms with Crippen LogP contribution in [-0.4, -0.2) is 49.8 Å². The summed E-state index contributed by atoms with van der Waals surface area (Å²) in [5.74, 6) is -0.674. The zero-order valence-electron chi connectivity index (χ0n) is 14.8. The first kappa shape index (κ1) is 19.8. The molecule has 3 rings (SSSR count). The topological polar surface area (TPSA) is 92.5 Å². The zero-order chi connectivity index (χ0) is 19.8. The summed E-state index contributed by atoms with van der Waals surface area (Å²) in [6.45, 7) is 2.30. The third kappa shape index (κ3) is 4.31. The van der Waals surface area contributed by atoms with E-state index in [0.29, 0.717) is 25.9 Å². The van der Waals surface area contributed by atoms with Gasteiger partial charge in [-0.15, -0.1) is 0 Å². The second-order valence-electron chi connectivity index (χ2n) is 6.52. The van der Waals surface area contributed by atoms with Crippen LogP contribution >= 0.6 is 11.6 Å². The fraction of sp³-hybridized carbons (Fsp3) is 0.412. The van der Waals surface area contributed by atoms with Gasteiger partial charge in [0.05, 0.1) is 16.8 Å². The highest BCUT2D eigenvalue weighted by Gasteiger charge is 2.31. The molecule has 0 atom stereocenters. The van der Waals surface area contributed by atoms with Crippen LogP contribution in [-0.2, 0) is 10.0 Å². The van der Waals surface area contributed by atoms with E-state index in [4.69, 9.17) is 16.1 Å². The molecule has 0 bridgehead atoms. The average Bonchev–Trinajstić information content (AvgIpc) is 2.95. The number of carbonyl (C=O) groups excluding carboxylic acids is 1. The maximum atomic E-state index is 14.3. The summed E-state index contributed by atoms with van der Waals surface area (Å²) in [5, 5.41) is 3.98. The first-order valence-corrected chi connectivity index (χ1v) is 10.6. The van der Waals surface area contributed by atoms with E-state index in [9.17, 15) is 17.6 Å². The number of piperidine rings is 1. The Morgan fingerprint density at radius 1 is 1.37 bits per heavy atom. The smallest absolute Gasteiger partial charge is 0.259 e. The lowest BCUT2D eigenvalue weighted by atomic mass is 10.0. The minimum absolute atomic E-state index is 0.0213. The molecule has 0 aliphatic carbocycles.